The van der Waals surface area contributed by atoms with Gasteiger partial charge in [0.25, 0.3) is 0 Å². The number of hydrogen-bond donors (Lipinski definition) is 3. The minimum absolute atomic E-state index is 0. The summed E-state index contributed by atoms with van der Waals surface area (Å²) in [4.78, 5) is 23.9. The van der Waals surface area contributed by atoms with Crippen LogP contribution in [0.4, 0.5) is 10.5 Å². The second kappa shape index (κ2) is 27.3. The van der Waals surface area contributed by atoms with Gasteiger partial charge >= 0.3 is 12.1 Å². The van der Waals surface area contributed by atoms with Gasteiger partial charge in [0.05, 0.1) is 6.42 Å². The van der Waals surface area contributed by atoms with Crippen LogP contribution in [0.5, 0.6) is 0 Å². The Kier molecular flexibility index (Phi) is 31.8. The molecule has 0 aliphatic heterocycles. The molecule has 3 N–H and O–H groups in total. The third kappa shape index (κ3) is 20.6. The van der Waals surface area contributed by atoms with Crippen LogP contribution in [0.1, 0.15) is 126 Å². The number of anilines is 1. The number of amides is 1. The summed E-state index contributed by atoms with van der Waals surface area (Å²) in [7, 11) is 0. The molecule has 2 aromatic rings. The van der Waals surface area contributed by atoms with Crippen molar-refractivity contribution in [3.63, 3.8) is 0 Å². The molecule has 0 saturated heterocycles. The molecule has 0 heterocycles. The molecule has 2 rings (SSSR count). The first kappa shape index (κ1) is 47.9. The Morgan fingerprint density at radius 2 is 1.07 bits per heavy atom. The van der Waals surface area contributed by atoms with E-state index in [1.54, 1.807) is 12.1 Å². The van der Waals surface area contributed by atoms with Crippen LogP contribution in [0.25, 0.3) is 0 Å². The molecule has 0 spiro atoms. The lowest BCUT2D eigenvalue weighted by Crippen LogP contribution is -2.22. The number of carbonyl (C=O) groups excluding carboxylic acids is 2. The van der Waals surface area contributed by atoms with Crippen LogP contribution in [0.3, 0.4) is 0 Å². The molecule has 0 aliphatic carbocycles. The van der Waals surface area contributed by atoms with Crippen molar-refractivity contribution in [3.8, 4) is 0 Å². The Morgan fingerprint density at radius 3 is 1.54 bits per heavy atom. The van der Waals surface area contributed by atoms with Gasteiger partial charge in [-0.25, -0.2) is 4.79 Å². The van der Waals surface area contributed by atoms with E-state index in [9.17, 15) is 19.8 Å². The zero-order valence-corrected chi connectivity index (χ0v) is 20.9. The molecule has 7 nitrogen and oxygen atoms in total. The first-order valence-electron chi connectivity index (χ1n) is 12.6. The number of aliphatic hydroxyl groups is 2. The molecule has 0 aliphatic rings. The van der Waals surface area contributed by atoms with Crippen molar-refractivity contribution < 1.29 is 29.3 Å². The van der Waals surface area contributed by atoms with Crippen LogP contribution in [-0.4, -0.2) is 34.9 Å². The Labute approximate surface area is 252 Å². The van der Waals surface area contributed by atoms with Crippen LogP contribution in [0, 0.1) is 0 Å². The number of unbranched alkanes of at least 4 members (excludes halogenated alkanes) is 4. The Bertz CT molecular complexity index is 810. The maximum Gasteiger partial charge on any atom is 0.413 e. The quantitative estimate of drug-likeness (QED) is 0.110. The molecule has 0 aromatic heterocycles. The van der Waals surface area contributed by atoms with E-state index < -0.39 is 24.6 Å². The molecule has 0 radical (unpaired) electrons. The SMILES string of the molecule is C.C.C.C.C.C.CCCCCC(O)OC(=O)Cc1ccc(Cc2ccc(NC(=O)OC(O)CCCCC)cc2)cc1. The Hall–Kier alpha value is -2.90. The smallest absolute Gasteiger partial charge is 0.413 e. The lowest BCUT2D eigenvalue weighted by molar-refractivity contribution is -0.167. The van der Waals surface area contributed by atoms with E-state index in [0.717, 1.165) is 55.2 Å². The van der Waals surface area contributed by atoms with Crippen molar-refractivity contribution in [1.29, 1.82) is 0 Å². The number of rotatable bonds is 15. The highest BCUT2D eigenvalue weighted by Crippen LogP contribution is 2.16. The zero-order chi connectivity index (χ0) is 25.5. The number of nitrogens with one attached hydrogen (secondary N) is 1. The van der Waals surface area contributed by atoms with Gasteiger partial charge in [0.15, 0.2) is 0 Å². The monoisotopic (exact) mass is 581 g/mol. The highest BCUT2D eigenvalue weighted by Gasteiger charge is 2.12. The van der Waals surface area contributed by atoms with Gasteiger partial charge in [0.2, 0.25) is 12.6 Å². The van der Waals surface area contributed by atoms with Crippen molar-refractivity contribution in [1.82, 2.24) is 0 Å². The Morgan fingerprint density at radius 1 is 0.659 bits per heavy atom. The summed E-state index contributed by atoms with van der Waals surface area (Å²) in [6, 6.07) is 15.1. The van der Waals surface area contributed by atoms with Crippen LogP contribution < -0.4 is 5.32 Å². The highest BCUT2D eigenvalue weighted by atomic mass is 16.6. The molecule has 240 valence electrons. The molecule has 0 bridgehead atoms. The number of carbonyl (C=O) groups is 2. The average Bonchev–Trinajstić information content (AvgIpc) is 2.82. The second-order valence-electron chi connectivity index (χ2n) is 8.79. The molecule has 0 saturated carbocycles. The molecule has 1 amide bonds. The van der Waals surface area contributed by atoms with Crippen LogP contribution in [0.2, 0.25) is 0 Å². The van der Waals surface area contributed by atoms with Gasteiger partial charge in [0, 0.05) is 18.5 Å². The molecular weight excluding hydrogens is 518 g/mol. The van der Waals surface area contributed by atoms with E-state index in [4.69, 9.17) is 9.47 Å². The number of hydrogen-bond acceptors (Lipinski definition) is 6. The number of ether oxygens (including phenoxy) is 2. The summed E-state index contributed by atoms with van der Waals surface area (Å²) in [6.45, 7) is 4.15. The van der Waals surface area contributed by atoms with E-state index in [2.05, 4.69) is 19.2 Å². The standard InChI is InChI=1S/C28H39NO6.6CH4/c1-3-5-7-9-25(30)34-27(32)20-23-13-11-21(12-14-23)19-22-15-17-24(18-16-22)29-28(33)35-26(31)10-8-6-4-2;;;;;;/h11-18,25-26,30-31H,3-10,19-20H2,1-2H3,(H,29,33);6*1H4. The van der Waals surface area contributed by atoms with E-state index in [0.29, 0.717) is 24.9 Å². The lowest BCUT2D eigenvalue weighted by atomic mass is 10.0. The number of aliphatic hydroxyl groups excluding tert-OH is 2. The van der Waals surface area contributed by atoms with Gasteiger partial charge < -0.3 is 19.7 Å². The summed E-state index contributed by atoms with van der Waals surface area (Å²) in [5, 5.41) is 22.2. The highest BCUT2D eigenvalue weighted by molar-refractivity contribution is 5.84. The summed E-state index contributed by atoms with van der Waals surface area (Å²) in [5.74, 6) is -0.433. The maximum absolute atomic E-state index is 12.0. The topological polar surface area (TPSA) is 105 Å². The largest absolute Gasteiger partial charge is 0.436 e. The lowest BCUT2D eigenvalue weighted by Gasteiger charge is -2.13. The van der Waals surface area contributed by atoms with E-state index in [1.165, 1.54) is 0 Å². The van der Waals surface area contributed by atoms with Crippen LogP contribution in [-0.2, 0) is 27.1 Å². The maximum atomic E-state index is 12.0. The summed E-state index contributed by atoms with van der Waals surface area (Å²) in [5.41, 5.74) is 3.56. The van der Waals surface area contributed by atoms with Crippen molar-refractivity contribution in [2.45, 2.75) is 135 Å². The first-order valence-corrected chi connectivity index (χ1v) is 12.6. The van der Waals surface area contributed by atoms with E-state index >= 15 is 0 Å². The third-order valence-electron chi connectivity index (χ3n) is 5.60. The normalized spacial score (nSPS) is 10.7. The first-order chi connectivity index (χ1) is 16.9. The summed E-state index contributed by atoms with van der Waals surface area (Å²) >= 11 is 0. The fourth-order valence-electron chi connectivity index (χ4n) is 3.60. The zero-order valence-electron chi connectivity index (χ0n) is 20.9. The van der Waals surface area contributed by atoms with Gasteiger partial charge in [-0.15, -0.1) is 0 Å². The molecule has 2 aromatic carbocycles. The minimum atomic E-state index is -1.10. The van der Waals surface area contributed by atoms with Gasteiger partial charge in [-0.3, -0.25) is 10.1 Å². The Balaban J connectivity index is -0.000000720. The van der Waals surface area contributed by atoms with Crippen molar-refractivity contribution >= 4 is 17.7 Å². The van der Waals surface area contributed by atoms with Crippen LogP contribution in [0.15, 0.2) is 48.5 Å². The predicted octanol–water partition coefficient (Wildman–Crippen LogP) is 9.53. The molecular formula is C34H63NO6. The van der Waals surface area contributed by atoms with E-state index in [-0.39, 0.29) is 51.0 Å². The average molecular weight is 582 g/mol. The van der Waals surface area contributed by atoms with Gasteiger partial charge in [-0.05, 0) is 48.1 Å². The predicted molar refractivity (Wildman–Crippen MR) is 176 cm³/mol. The van der Waals surface area contributed by atoms with Crippen LogP contribution >= 0.6 is 0 Å². The van der Waals surface area contributed by atoms with E-state index in [1.807, 2.05) is 36.4 Å². The van der Waals surface area contributed by atoms with Gasteiger partial charge in [-0.2, -0.15) is 0 Å². The third-order valence-corrected chi connectivity index (χ3v) is 5.60. The van der Waals surface area contributed by atoms with Gasteiger partial charge in [0.1, 0.15) is 0 Å². The summed E-state index contributed by atoms with van der Waals surface area (Å²) < 4.78 is 10.0. The minimum Gasteiger partial charge on any atom is -0.436 e. The molecule has 41 heavy (non-hydrogen) atoms. The second-order valence-corrected chi connectivity index (χ2v) is 8.79. The van der Waals surface area contributed by atoms with Crippen molar-refractivity contribution in [3.05, 3.63) is 65.2 Å². The number of esters is 1. The van der Waals surface area contributed by atoms with Gasteiger partial charge in [-0.1, -0.05) is 120 Å². The summed E-state index contributed by atoms with van der Waals surface area (Å²) in [6.07, 6.45) is 4.63. The fraction of sp³-hybridized carbons (Fsp3) is 0.588. The molecule has 7 heteroatoms. The fourth-order valence-corrected chi connectivity index (χ4v) is 3.60. The molecule has 2 unspecified atom stereocenters. The van der Waals surface area contributed by atoms with Crippen molar-refractivity contribution in [2.24, 2.45) is 0 Å². The molecule has 0 fully saturated rings. The number of benzene rings is 2. The molecule has 2 atom stereocenters. The van der Waals surface area contributed by atoms with Crippen molar-refractivity contribution in [2.75, 3.05) is 5.32 Å².